The van der Waals surface area contributed by atoms with E-state index in [1.165, 1.54) is 21.3 Å². The standard InChI is InChI=1S/C51H60N6O9/c1-64-46(58)22-31-16-34-25-52-40-10-4-6-12-42(40)54-27-36-18-32(23-47(59)65-2)20-38(50(36)62)29-56-44-14-8-9-15-45(44)57-30-39-21-33(24-48(60)66-3)19-37(51(39)63)28-55-43-13-7-5-11-41(43)53-26-35(17-31)49(34)61/h16-21,25-30,40-45,61-63H,4-15,22-24H2,1-3H3/b52-25+,53-26+,54-27+,55-28+,56-29+,57-30+. The SMILES string of the molecule is COC(=O)Cc1cc2c(O)c(c1)/C=N/C1CCCCC1/N=C/c1cc(CC(=O)OC)cc(c1O)/C=N/C1CCCCC1/N=C/c1cc(CC(=O)OC)cc(c1O)/C=N/C1CCCCC1/N=C/2. The van der Waals surface area contributed by atoms with E-state index >= 15 is 0 Å². The van der Waals surface area contributed by atoms with Gasteiger partial charge in [-0.2, -0.15) is 0 Å². The third-order valence-electron chi connectivity index (χ3n) is 12.9. The molecule has 0 amide bonds. The van der Waals surface area contributed by atoms with Crippen molar-refractivity contribution >= 4 is 55.2 Å². The molecule has 3 N–H and O–H groups in total. The molecule has 3 aromatic rings. The fourth-order valence-electron chi connectivity index (χ4n) is 9.22. The van der Waals surface area contributed by atoms with Gasteiger partial charge in [0.1, 0.15) is 17.2 Å². The molecule has 0 radical (unpaired) electrons. The third kappa shape index (κ3) is 12.2. The predicted molar refractivity (Wildman–Crippen MR) is 255 cm³/mol. The highest BCUT2D eigenvalue weighted by Crippen LogP contribution is 2.32. The Balaban J connectivity index is 1.35. The summed E-state index contributed by atoms with van der Waals surface area (Å²) in [5.41, 5.74) is 4.35. The van der Waals surface area contributed by atoms with Gasteiger partial charge in [0.05, 0.1) is 76.8 Å². The zero-order chi connectivity index (χ0) is 46.6. The van der Waals surface area contributed by atoms with Crippen LogP contribution >= 0.6 is 0 Å². The number of phenolic OH excluding ortho intramolecular Hbond substituents is 3. The molecule has 0 spiro atoms. The van der Waals surface area contributed by atoms with Crippen LogP contribution in [-0.4, -0.2) is 128 Å². The van der Waals surface area contributed by atoms with Crippen molar-refractivity contribution in [1.29, 1.82) is 0 Å². The van der Waals surface area contributed by atoms with Crippen LogP contribution in [0.1, 0.15) is 127 Å². The number of benzene rings is 3. The average molecular weight is 901 g/mol. The lowest BCUT2D eigenvalue weighted by molar-refractivity contribution is -0.140. The molecule has 0 saturated heterocycles. The van der Waals surface area contributed by atoms with Gasteiger partial charge >= 0.3 is 17.9 Å². The summed E-state index contributed by atoms with van der Waals surface area (Å²) >= 11 is 0. The summed E-state index contributed by atoms with van der Waals surface area (Å²) in [5, 5.41) is 35.1. The van der Waals surface area contributed by atoms with Gasteiger partial charge in [-0.25, -0.2) is 0 Å². The molecule has 6 atom stereocenters. The van der Waals surface area contributed by atoms with Crippen molar-refractivity contribution in [3.8, 4) is 17.2 Å². The Kier molecular flexibility index (Phi) is 16.2. The minimum atomic E-state index is -0.434. The first-order chi connectivity index (χ1) is 32.0. The molecule has 3 saturated carbocycles. The fraction of sp³-hybridized carbons (Fsp3) is 0.471. The van der Waals surface area contributed by atoms with Crippen LogP contribution in [0.4, 0.5) is 0 Å². The molecule has 1 heterocycles. The van der Waals surface area contributed by atoms with E-state index in [-0.39, 0.29) is 72.8 Å². The number of hydrogen-bond donors (Lipinski definition) is 3. The second-order valence-electron chi connectivity index (χ2n) is 17.6. The highest BCUT2D eigenvalue weighted by Gasteiger charge is 2.27. The Bertz CT molecular complexity index is 2050. The van der Waals surface area contributed by atoms with Gasteiger partial charge in [-0.05, 0) is 91.6 Å². The minimum absolute atomic E-state index is 0.0249. The van der Waals surface area contributed by atoms with Gasteiger partial charge in [-0.15, -0.1) is 0 Å². The minimum Gasteiger partial charge on any atom is -0.507 e. The second kappa shape index (κ2) is 22.6. The average Bonchev–Trinajstić information content (AvgIpc) is 3.33. The van der Waals surface area contributed by atoms with Crippen LogP contribution in [0.3, 0.4) is 0 Å². The van der Waals surface area contributed by atoms with Gasteiger partial charge in [0, 0.05) is 70.7 Å². The zero-order valence-corrected chi connectivity index (χ0v) is 38.0. The van der Waals surface area contributed by atoms with E-state index in [0.29, 0.717) is 50.1 Å². The van der Waals surface area contributed by atoms with Crippen LogP contribution in [0, 0.1) is 0 Å². The Labute approximate surface area is 385 Å². The van der Waals surface area contributed by atoms with Crippen LogP contribution in [0.5, 0.6) is 17.2 Å². The van der Waals surface area contributed by atoms with Gasteiger partial charge in [0.15, 0.2) is 0 Å². The molecule has 348 valence electrons. The summed E-state index contributed by atoms with van der Waals surface area (Å²) in [6.07, 6.45) is 19.9. The number of hydrogen-bond acceptors (Lipinski definition) is 15. The smallest absolute Gasteiger partial charge is 0.309 e. The Hall–Kier alpha value is -6.51. The maximum Gasteiger partial charge on any atom is 0.309 e. The molecule has 0 aromatic heterocycles. The van der Waals surface area contributed by atoms with Gasteiger partial charge < -0.3 is 29.5 Å². The topological polar surface area (TPSA) is 214 Å². The van der Waals surface area contributed by atoms with E-state index in [1.54, 1.807) is 73.7 Å². The third-order valence-corrected chi connectivity index (χ3v) is 12.9. The first kappa shape index (κ1) is 47.5. The van der Waals surface area contributed by atoms with E-state index in [9.17, 15) is 29.7 Å². The zero-order valence-electron chi connectivity index (χ0n) is 38.0. The van der Waals surface area contributed by atoms with Gasteiger partial charge in [-0.1, -0.05) is 38.5 Å². The molecule has 6 unspecified atom stereocenters. The highest BCUT2D eigenvalue weighted by molar-refractivity contribution is 5.95. The first-order valence-corrected chi connectivity index (χ1v) is 23.0. The van der Waals surface area contributed by atoms with Crippen molar-refractivity contribution in [3.63, 3.8) is 0 Å². The Morgan fingerprint density at radius 1 is 0.394 bits per heavy atom. The predicted octanol–water partition coefficient (Wildman–Crippen LogP) is 6.81. The van der Waals surface area contributed by atoms with Crippen LogP contribution in [0.15, 0.2) is 66.4 Å². The van der Waals surface area contributed by atoms with Crippen molar-refractivity contribution in [1.82, 2.24) is 0 Å². The summed E-state index contributed by atoms with van der Waals surface area (Å²) < 4.78 is 14.9. The quantitative estimate of drug-likeness (QED) is 0.175. The fourth-order valence-corrected chi connectivity index (χ4v) is 9.22. The van der Waals surface area contributed by atoms with Crippen LogP contribution in [0.2, 0.25) is 0 Å². The number of nitrogens with zero attached hydrogens (tertiary/aromatic N) is 6. The molecule has 15 nitrogen and oxygen atoms in total. The normalized spacial score (nSPS) is 26.0. The molecule has 1 aliphatic heterocycles. The van der Waals surface area contributed by atoms with Gasteiger partial charge in [0.2, 0.25) is 0 Å². The van der Waals surface area contributed by atoms with Crippen molar-refractivity contribution in [2.75, 3.05) is 21.3 Å². The number of ether oxygens (including phenoxy) is 3. The number of methoxy groups -OCH3 is 3. The van der Waals surface area contributed by atoms with E-state index in [0.717, 1.165) is 77.0 Å². The summed E-state index contributed by atoms with van der Waals surface area (Å²) in [7, 11) is 3.99. The van der Waals surface area contributed by atoms with Crippen molar-refractivity contribution in [2.45, 2.75) is 133 Å². The Morgan fingerprint density at radius 2 is 0.576 bits per heavy atom. The number of aromatic hydroxyl groups is 3. The van der Waals surface area contributed by atoms with Crippen molar-refractivity contribution in [3.05, 3.63) is 86.5 Å². The molecular formula is C51H60N6O9. The molecule has 6 bridgehead atoms. The molecular weight excluding hydrogens is 841 g/mol. The number of carbonyl (C=O) groups is 3. The second-order valence-corrected chi connectivity index (χ2v) is 17.6. The van der Waals surface area contributed by atoms with Gasteiger partial charge in [-0.3, -0.25) is 44.3 Å². The van der Waals surface area contributed by atoms with Crippen molar-refractivity contribution in [2.24, 2.45) is 30.0 Å². The lowest BCUT2D eigenvalue weighted by atomic mass is 9.91. The summed E-state index contributed by atoms with van der Waals surface area (Å²) in [4.78, 5) is 67.3. The number of aliphatic imine (C=N–C) groups is 6. The first-order valence-electron chi connectivity index (χ1n) is 23.0. The van der Waals surface area contributed by atoms with Crippen LogP contribution < -0.4 is 0 Å². The summed E-state index contributed by atoms with van der Waals surface area (Å²) in [6, 6.07) is 8.93. The van der Waals surface area contributed by atoms with Crippen molar-refractivity contribution < 1.29 is 43.9 Å². The largest absolute Gasteiger partial charge is 0.507 e. The van der Waals surface area contributed by atoms with Gasteiger partial charge in [0.25, 0.3) is 0 Å². The molecule has 3 aromatic carbocycles. The lowest BCUT2D eigenvalue weighted by Gasteiger charge is -2.26. The molecule has 15 heteroatoms. The number of esters is 3. The van der Waals surface area contributed by atoms with Crippen LogP contribution in [-0.2, 0) is 47.9 Å². The van der Waals surface area contributed by atoms with E-state index < -0.39 is 17.9 Å². The molecule has 4 aliphatic rings. The number of fused-ring (bicyclic) bond motifs is 9. The lowest BCUT2D eigenvalue weighted by Crippen LogP contribution is -2.27. The number of phenols is 3. The maximum absolute atomic E-state index is 12.5. The van der Waals surface area contributed by atoms with E-state index in [4.69, 9.17) is 44.2 Å². The van der Waals surface area contributed by atoms with Crippen LogP contribution in [0.25, 0.3) is 0 Å². The van der Waals surface area contributed by atoms with E-state index in [1.807, 2.05) is 0 Å². The highest BCUT2D eigenvalue weighted by atomic mass is 16.5. The summed E-state index contributed by atoms with van der Waals surface area (Å²) in [5.74, 6) is -1.42. The molecule has 7 rings (SSSR count). The number of rotatable bonds is 6. The monoisotopic (exact) mass is 900 g/mol. The molecule has 3 fully saturated rings. The molecule has 66 heavy (non-hydrogen) atoms. The number of carbonyl (C=O) groups excluding carboxylic acids is 3. The Morgan fingerprint density at radius 3 is 0.742 bits per heavy atom. The maximum atomic E-state index is 12.5. The summed E-state index contributed by atoms with van der Waals surface area (Å²) in [6.45, 7) is 0. The molecule has 3 aliphatic carbocycles. The van der Waals surface area contributed by atoms with E-state index in [2.05, 4.69) is 0 Å².